The summed E-state index contributed by atoms with van der Waals surface area (Å²) in [5, 5.41) is 0. The number of benzene rings is 1. The molecule has 2 aromatic heterocycles. The van der Waals surface area contributed by atoms with Crippen molar-refractivity contribution >= 4 is 11.2 Å². The zero-order valence-corrected chi connectivity index (χ0v) is 12.2. The number of nitrogens with one attached hydrogen (secondary N) is 1. The van der Waals surface area contributed by atoms with Crippen molar-refractivity contribution in [3.8, 4) is 11.1 Å². The summed E-state index contributed by atoms with van der Waals surface area (Å²) < 4.78 is 1.80. The van der Waals surface area contributed by atoms with Crippen LogP contribution < -0.4 is 5.69 Å². The van der Waals surface area contributed by atoms with Gasteiger partial charge in [0.1, 0.15) is 0 Å². The molecular weight excluding hydrogens is 262 g/mol. The molecule has 0 atom stereocenters. The molecule has 3 aromatic rings. The van der Waals surface area contributed by atoms with Gasteiger partial charge < -0.3 is 0 Å². The summed E-state index contributed by atoms with van der Waals surface area (Å²) in [5.74, 6) is 0. The molecule has 4 nitrogen and oxygen atoms in total. The Morgan fingerprint density at radius 2 is 1.95 bits per heavy atom. The third-order valence-corrected chi connectivity index (χ3v) is 3.72. The summed E-state index contributed by atoms with van der Waals surface area (Å²) in [5.41, 5.74) is 3.62. The Kier molecular flexibility index (Phi) is 3.86. The topological polar surface area (TPSA) is 50.7 Å². The summed E-state index contributed by atoms with van der Waals surface area (Å²) in [6.07, 6.45) is 5.10. The molecule has 4 heteroatoms. The van der Waals surface area contributed by atoms with Crippen LogP contribution in [0.3, 0.4) is 0 Å². The maximum atomic E-state index is 12.0. The van der Waals surface area contributed by atoms with Crippen molar-refractivity contribution in [1.29, 1.82) is 0 Å². The van der Waals surface area contributed by atoms with E-state index in [-0.39, 0.29) is 5.69 Å². The molecule has 0 saturated heterocycles. The van der Waals surface area contributed by atoms with Gasteiger partial charge in [0.05, 0.1) is 5.52 Å². The molecule has 0 spiro atoms. The van der Waals surface area contributed by atoms with E-state index < -0.39 is 0 Å². The highest BCUT2D eigenvalue weighted by Crippen LogP contribution is 2.21. The van der Waals surface area contributed by atoms with Gasteiger partial charge in [0, 0.05) is 18.3 Å². The third-order valence-electron chi connectivity index (χ3n) is 3.72. The fourth-order valence-electron chi connectivity index (χ4n) is 2.56. The number of fused-ring (bicyclic) bond motifs is 1. The van der Waals surface area contributed by atoms with Crippen LogP contribution >= 0.6 is 0 Å². The average molecular weight is 281 g/mol. The predicted molar refractivity (Wildman–Crippen MR) is 85.3 cm³/mol. The number of hydrogen-bond donors (Lipinski definition) is 1. The smallest absolute Gasteiger partial charge is 0.290 e. The molecule has 0 aliphatic heterocycles. The van der Waals surface area contributed by atoms with Crippen LogP contribution in [-0.2, 0) is 6.54 Å². The van der Waals surface area contributed by atoms with Gasteiger partial charge in [-0.05, 0) is 18.1 Å². The Morgan fingerprint density at radius 1 is 1.14 bits per heavy atom. The first-order chi connectivity index (χ1) is 10.3. The normalized spacial score (nSPS) is 11.1. The van der Waals surface area contributed by atoms with E-state index in [4.69, 9.17) is 0 Å². The second-order valence-corrected chi connectivity index (χ2v) is 5.25. The van der Waals surface area contributed by atoms with Crippen molar-refractivity contribution in [3.63, 3.8) is 0 Å². The quantitative estimate of drug-likeness (QED) is 0.727. The van der Waals surface area contributed by atoms with Gasteiger partial charge in [0.2, 0.25) is 0 Å². The highest BCUT2D eigenvalue weighted by atomic mass is 16.1. The third kappa shape index (κ3) is 2.75. The van der Waals surface area contributed by atoms with Crippen LogP contribution in [0.4, 0.5) is 0 Å². The summed E-state index contributed by atoms with van der Waals surface area (Å²) in [7, 11) is 0. The Balaban J connectivity index is 2.03. The zero-order chi connectivity index (χ0) is 14.7. The van der Waals surface area contributed by atoms with Crippen LogP contribution in [0.2, 0.25) is 0 Å². The summed E-state index contributed by atoms with van der Waals surface area (Å²) in [6.45, 7) is 2.90. The van der Waals surface area contributed by atoms with Gasteiger partial charge in [0.15, 0.2) is 5.65 Å². The maximum Gasteiger partial charge on any atom is 0.327 e. The summed E-state index contributed by atoms with van der Waals surface area (Å²) in [4.78, 5) is 19.3. The van der Waals surface area contributed by atoms with E-state index in [0.29, 0.717) is 5.65 Å². The van der Waals surface area contributed by atoms with Crippen molar-refractivity contribution < 1.29 is 0 Å². The number of rotatable bonds is 5. The molecule has 108 valence electrons. The molecule has 0 radical (unpaired) electrons. The van der Waals surface area contributed by atoms with E-state index in [1.807, 2.05) is 30.5 Å². The Bertz CT molecular complexity index is 787. The molecular formula is C17H19N3O. The van der Waals surface area contributed by atoms with Crippen LogP contribution in [0.1, 0.15) is 26.2 Å². The Morgan fingerprint density at radius 3 is 2.71 bits per heavy atom. The van der Waals surface area contributed by atoms with Crippen molar-refractivity contribution in [2.24, 2.45) is 0 Å². The van der Waals surface area contributed by atoms with E-state index in [0.717, 1.165) is 42.5 Å². The van der Waals surface area contributed by atoms with E-state index in [1.165, 1.54) is 0 Å². The zero-order valence-electron chi connectivity index (χ0n) is 12.2. The van der Waals surface area contributed by atoms with Gasteiger partial charge in [-0.3, -0.25) is 9.55 Å². The van der Waals surface area contributed by atoms with Crippen LogP contribution in [-0.4, -0.2) is 14.5 Å². The molecule has 0 bridgehead atoms. The van der Waals surface area contributed by atoms with Gasteiger partial charge in [0.25, 0.3) is 0 Å². The standard InChI is InChI=1S/C17H19N3O/c1-2-3-7-10-20-15-11-14(13-8-5-4-6-9-13)12-18-16(15)19-17(20)21/h4-6,8-9,11-12H,2-3,7,10H2,1H3,(H,18,19,21). The lowest BCUT2D eigenvalue weighted by Gasteiger charge is -2.04. The monoisotopic (exact) mass is 281 g/mol. The number of H-pyrrole nitrogens is 1. The van der Waals surface area contributed by atoms with E-state index in [1.54, 1.807) is 4.57 Å². The van der Waals surface area contributed by atoms with Gasteiger partial charge >= 0.3 is 5.69 Å². The minimum Gasteiger partial charge on any atom is -0.290 e. The molecule has 1 aromatic carbocycles. The first-order valence-electron chi connectivity index (χ1n) is 7.43. The van der Waals surface area contributed by atoms with Crippen molar-refractivity contribution in [3.05, 3.63) is 53.1 Å². The lowest BCUT2D eigenvalue weighted by Crippen LogP contribution is -2.16. The number of pyridine rings is 1. The number of nitrogens with zero attached hydrogens (tertiary/aromatic N) is 2. The van der Waals surface area contributed by atoms with Gasteiger partial charge in [-0.2, -0.15) is 0 Å². The molecule has 0 amide bonds. The minimum absolute atomic E-state index is 0.0705. The van der Waals surface area contributed by atoms with Crippen LogP contribution in [0.15, 0.2) is 47.4 Å². The number of aromatic amines is 1. The number of hydrogen-bond acceptors (Lipinski definition) is 2. The van der Waals surface area contributed by atoms with Gasteiger partial charge in [-0.25, -0.2) is 9.78 Å². The second-order valence-electron chi connectivity index (χ2n) is 5.25. The van der Waals surface area contributed by atoms with Crippen molar-refractivity contribution in [2.75, 3.05) is 0 Å². The first kappa shape index (κ1) is 13.6. The van der Waals surface area contributed by atoms with Gasteiger partial charge in [-0.15, -0.1) is 0 Å². The second kappa shape index (κ2) is 5.95. The van der Waals surface area contributed by atoms with Crippen molar-refractivity contribution in [2.45, 2.75) is 32.7 Å². The van der Waals surface area contributed by atoms with Crippen LogP contribution in [0.25, 0.3) is 22.3 Å². The summed E-state index contributed by atoms with van der Waals surface area (Å²) in [6, 6.07) is 12.1. The molecule has 3 rings (SSSR count). The minimum atomic E-state index is -0.0705. The number of aromatic nitrogens is 3. The molecule has 2 heterocycles. The SMILES string of the molecule is CCCCCn1c(=O)[nH]c2ncc(-c3ccccc3)cc21. The molecule has 0 fully saturated rings. The summed E-state index contributed by atoms with van der Waals surface area (Å²) >= 11 is 0. The number of unbranched alkanes of at least 4 members (excludes halogenated alkanes) is 2. The first-order valence-corrected chi connectivity index (χ1v) is 7.43. The fraction of sp³-hybridized carbons (Fsp3) is 0.294. The highest BCUT2D eigenvalue weighted by molar-refractivity contribution is 5.78. The van der Waals surface area contributed by atoms with E-state index in [2.05, 4.69) is 29.0 Å². The van der Waals surface area contributed by atoms with E-state index in [9.17, 15) is 4.79 Å². The Hall–Kier alpha value is -2.36. The van der Waals surface area contributed by atoms with Gasteiger partial charge in [-0.1, -0.05) is 50.1 Å². The largest absolute Gasteiger partial charge is 0.327 e. The number of aryl methyl sites for hydroxylation is 1. The Labute approximate surface area is 123 Å². The maximum absolute atomic E-state index is 12.0. The fourth-order valence-corrected chi connectivity index (χ4v) is 2.56. The molecule has 0 aliphatic carbocycles. The van der Waals surface area contributed by atoms with Crippen LogP contribution in [0, 0.1) is 0 Å². The lowest BCUT2D eigenvalue weighted by molar-refractivity contribution is 0.601. The predicted octanol–water partition coefficient (Wildman–Crippen LogP) is 3.58. The van der Waals surface area contributed by atoms with Crippen LogP contribution in [0.5, 0.6) is 0 Å². The lowest BCUT2D eigenvalue weighted by atomic mass is 10.1. The van der Waals surface area contributed by atoms with Crippen molar-refractivity contribution in [1.82, 2.24) is 14.5 Å². The molecule has 0 aliphatic rings. The molecule has 21 heavy (non-hydrogen) atoms. The van der Waals surface area contributed by atoms with E-state index >= 15 is 0 Å². The average Bonchev–Trinajstić information content (AvgIpc) is 2.84. The molecule has 0 unspecified atom stereocenters. The highest BCUT2D eigenvalue weighted by Gasteiger charge is 2.09. The number of imidazole rings is 1. The molecule has 1 N–H and O–H groups in total. The molecule has 0 saturated carbocycles.